The van der Waals surface area contributed by atoms with Crippen LogP contribution >= 0.6 is 23.2 Å². The highest BCUT2D eigenvalue weighted by Crippen LogP contribution is 2.31. The van der Waals surface area contributed by atoms with E-state index in [0.29, 0.717) is 28.1 Å². The van der Waals surface area contributed by atoms with E-state index in [4.69, 9.17) is 27.9 Å². The van der Waals surface area contributed by atoms with Crippen molar-refractivity contribution in [3.63, 3.8) is 0 Å². The van der Waals surface area contributed by atoms with Crippen LogP contribution in [0.5, 0.6) is 11.5 Å². The summed E-state index contributed by atoms with van der Waals surface area (Å²) in [5, 5.41) is 4.32. The summed E-state index contributed by atoms with van der Waals surface area (Å²) in [5.74, 6) is 1.22. The Balaban J connectivity index is 2.16. The Hall–Kier alpha value is -1.29. The molecule has 2 rings (SSSR count). The van der Waals surface area contributed by atoms with Crippen molar-refractivity contribution >= 4 is 23.2 Å². The number of hydrogen-bond donors (Lipinski definition) is 1. The van der Waals surface area contributed by atoms with Gasteiger partial charge in [0.15, 0.2) is 0 Å². The van der Waals surface area contributed by atoms with E-state index in [1.54, 1.807) is 30.5 Å². The van der Waals surface area contributed by atoms with Gasteiger partial charge >= 0.3 is 0 Å². The van der Waals surface area contributed by atoms with Crippen LogP contribution in [0.15, 0.2) is 36.5 Å². The van der Waals surface area contributed by atoms with Gasteiger partial charge in [-0.15, -0.1) is 0 Å². The van der Waals surface area contributed by atoms with Gasteiger partial charge in [-0.25, -0.2) is 0 Å². The molecule has 0 radical (unpaired) electrons. The largest absolute Gasteiger partial charge is 0.456 e. The zero-order valence-corrected chi connectivity index (χ0v) is 12.0. The number of halogens is 2. The minimum absolute atomic E-state index is 0.523. The van der Waals surface area contributed by atoms with Crippen LogP contribution < -0.4 is 10.1 Å². The quantitative estimate of drug-likeness (QED) is 0.894. The van der Waals surface area contributed by atoms with Gasteiger partial charge in [0.2, 0.25) is 0 Å². The summed E-state index contributed by atoms with van der Waals surface area (Å²) in [4.78, 5) is 4.26. The van der Waals surface area contributed by atoms with E-state index < -0.39 is 0 Å². The minimum atomic E-state index is 0.523. The Morgan fingerprint density at radius 2 is 2.05 bits per heavy atom. The van der Waals surface area contributed by atoms with Crippen LogP contribution in [0.2, 0.25) is 10.0 Å². The average molecular weight is 297 g/mol. The highest BCUT2D eigenvalue weighted by molar-refractivity contribution is 6.34. The lowest BCUT2D eigenvalue weighted by molar-refractivity contribution is 0.480. The third-order valence-electron chi connectivity index (χ3n) is 2.47. The summed E-state index contributed by atoms with van der Waals surface area (Å²) in [6.45, 7) is 3.65. The second-order valence-corrected chi connectivity index (χ2v) is 4.78. The van der Waals surface area contributed by atoms with Crippen molar-refractivity contribution in [2.24, 2.45) is 0 Å². The van der Waals surface area contributed by atoms with E-state index in [1.807, 2.05) is 13.0 Å². The first-order valence-electron chi connectivity index (χ1n) is 5.97. The number of hydrogen-bond acceptors (Lipinski definition) is 3. The predicted octanol–water partition coefficient (Wildman–Crippen LogP) is 4.29. The molecule has 0 fully saturated rings. The molecule has 3 nitrogen and oxygen atoms in total. The Kier molecular flexibility index (Phi) is 5.02. The van der Waals surface area contributed by atoms with Crippen molar-refractivity contribution in [1.29, 1.82) is 0 Å². The normalized spacial score (nSPS) is 10.5. The van der Waals surface area contributed by atoms with Crippen LogP contribution in [-0.4, -0.2) is 11.5 Å². The fraction of sp³-hybridized carbons (Fsp3) is 0.214. The van der Waals surface area contributed by atoms with E-state index in [0.717, 1.165) is 12.2 Å². The Bertz CT molecular complexity index is 561. The molecule has 0 atom stereocenters. The molecule has 1 aromatic carbocycles. The first-order valence-corrected chi connectivity index (χ1v) is 6.73. The standard InChI is InChI=1S/C14H14Cl2N2O/c1-2-17-9-11-8-12(5-6-18-11)19-14-7-10(15)3-4-13(14)16/h3-8,17H,2,9H2,1H3. The molecule has 2 aromatic rings. The SMILES string of the molecule is CCNCc1cc(Oc2cc(Cl)ccc2Cl)ccn1. The van der Waals surface area contributed by atoms with Gasteiger partial charge in [-0.05, 0) is 24.7 Å². The van der Waals surface area contributed by atoms with Gasteiger partial charge in [-0.3, -0.25) is 4.98 Å². The predicted molar refractivity (Wildman–Crippen MR) is 78.2 cm³/mol. The zero-order valence-electron chi connectivity index (χ0n) is 10.5. The second kappa shape index (κ2) is 6.75. The van der Waals surface area contributed by atoms with Crippen molar-refractivity contribution in [1.82, 2.24) is 10.3 Å². The molecule has 0 amide bonds. The summed E-state index contributed by atoms with van der Waals surface area (Å²) in [6.07, 6.45) is 1.71. The molecule has 0 bridgehead atoms. The first-order chi connectivity index (χ1) is 9.19. The molecule has 19 heavy (non-hydrogen) atoms. The molecule has 0 aliphatic heterocycles. The number of rotatable bonds is 5. The highest BCUT2D eigenvalue weighted by Gasteiger charge is 2.05. The molecule has 0 unspecified atom stereocenters. The van der Waals surface area contributed by atoms with Crippen LogP contribution in [0, 0.1) is 0 Å². The molecule has 1 heterocycles. The third kappa shape index (κ3) is 4.10. The summed E-state index contributed by atoms with van der Waals surface area (Å²) >= 11 is 12.0. The third-order valence-corrected chi connectivity index (χ3v) is 3.01. The van der Waals surface area contributed by atoms with E-state index in [-0.39, 0.29) is 0 Å². The fourth-order valence-corrected chi connectivity index (χ4v) is 1.87. The van der Waals surface area contributed by atoms with Gasteiger partial charge in [0.1, 0.15) is 11.5 Å². The molecule has 0 spiro atoms. The van der Waals surface area contributed by atoms with Crippen molar-refractivity contribution in [2.45, 2.75) is 13.5 Å². The maximum atomic E-state index is 6.06. The van der Waals surface area contributed by atoms with Gasteiger partial charge < -0.3 is 10.1 Å². The van der Waals surface area contributed by atoms with E-state index >= 15 is 0 Å². The molecule has 0 saturated carbocycles. The van der Waals surface area contributed by atoms with E-state index in [1.165, 1.54) is 0 Å². The molecule has 0 aliphatic rings. The Labute approximate surface area is 122 Å². The van der Waals surface area contributed by atoms with Crippen LogP contribution in [0.3, 0.4) is 0 Å². The lowest BCUT2D eigenvalue weighted by Gasteiger charge is -2.09. The van der Waals surface area contributed by atoms with Gasteiger partial charge in [0, 0.05) is 29.9 Å². The monoisotopic (exact) mass is 296 g/mol. The number of aromatic nitrogens is 1. The number of ether oxygens (including phenoxy) is 1. The van der Waals surface area contributed by atoms with E-state index in [9.17, 15) is 0 Å². The van der Waals surface area contributed by atoms with Gasteiger partial charge in [-0.2, -0.15) is 0 Å². The van der Waals surface area contributed by atoms with Gasteiger partial charge in [-0.1, -0.05) is 30.1 Å². The number of nitrogens with one attached hydrogen (secondary N) is 1. The Morgan fingerprint density at radius 1 is 1.21 bits per heavy atom. The lowest BCUT2D eigenvalue weighted by atomic mass is 10.3. The molecular weight excluding hydrogens is 283 g/mol. The summed E-state index contributed by atoms with van der Waals surface area (Å²) in [6, 6.07) is 8.78. The molecule has 0 saturated heterocycles. The summed E-state index contributed by atoms with van der Waals surface area (Å²) in [7, 11) is 0. The average Bonchev–Trinajstić information content (AvgIpc) is 2.41. The van der Waals surface area contributed by atoms with Gasteiger partial charge in [0.05, 0.1) is 10.7 Å². The molecule has 1 N–H and O–H groups in total. The Morgan fingerprint density at radius 3 is 2.84 bits per heavy atom. The van der Waals surface area contributed by atoms with Crippen LogP contribution in [0.1, 0.15) is 12.6 Å². The summed E-state index contributed by atoms with van der Waals surface area (Å²) < 4.78 is 5.73. The highest BCUT2D eigenvalue weighted by atomic mass is 35.5. The van der Waals surface area contributed by atoms with Crippen molar-refractivity contribution < 1.29 is 4.74 Å². The maximum absolute atomic E-state index is 6.06. The van der Waals surface area contributed by atoms with Crippen LogP contribution in [-0.2, 0) is 6.54 Å². The lowest BCUT2D eigenvalue weighted by Crippen LogP contribution is -2.12. The van der Waals surface area contributed by atoms with Crippen LogP contribution in [0.4, 0.5) is 0 Å². The first kappa shape index (κ1) is 14.1. The number of nitrogens with zero attached hydrogens (tertiary/aromatic N) is 1. The van der Waals surface area contributed by atoms with Gasteiger partial charge in [0.25, 0.3) is 0 Å². The minimum Gasteiger partial charge on any atom is -0.456 e. The molecule has 100 valence electrons. The molecule has 1 aromatic heterocycles. The molecular formula is C14H14Cl2N2O. The molecule has 0 aliphatic carbocycles. The van der Waals surface area contributed by atoms with Crippen molar-refractivity contribution in [3.8, 4) is 11.5 Å². The second-order valence-electron chi connectivity index (χ2n) is 3.94. The fourth-order valence-electron chi connectivity index (χ4n) is 1.55. The van der Waals surface area contributed by atoms with Crippen molar-refractivity contribution in [3.05, 3.63) is 52.3 Å². The van der Waals surface area contributed by atoms with E-state index in [2.05, 4.69) is 10.3 Å². The zero-order chi connectivity index (χ0) is 13.7. The summed E-state index contributed by atoms with van der Waals surface area (Å²) in [5.41, 5.74) is 0.914. The smallest absolute Gasteiger partial charge is 0.147 e. The van der Waals surface area contributed by atoms with Crippen molar-refractivity contribution in [2.75, 3.05) is 6.54 Å². The number of benzene rings is 1. The number of pyridine rings is 1. The topological polar surface area (TPSA) is 34.1 Å². The maximum Gasteiger partial charge on any atom is 0.147 e. The van der Waals surface area contributed by atoms with Crippen LogP contribution in [0.25, 0.3) is 0 Å². The molecule has 5 heteroatoms.